The van der Waals surface area contributed by atoms with Crippen LogP contribution in [0, 0.1) is 0 Å². The third kappa shape index (κ3) is 2.84. The highest BCUT2D eigenvalue weighted by Crippen LogP contribution is 2.43. The largest absolute Gasteiger partial charge is 0.481 e. The minimum atomic E-state index is -0.907. The van der Waals surface area contributed by atoms with Gasteiger partial charge in [0.1, 0.15) is 0 Å². The van der Waals surface area contributed by atoms with Crippen molar-refractivity contribution in [3.8, 4) is 0 Å². The van der Waals surface area contributed by atoms with Crippen LogP contribution < -0.4 is 5.32 Å². The summed E-state index contributed by atoms with van der Waals surface area (Å²) in [5.74, 6) is -0.370. The van der Waals surface area contributed by atoms with Crippen molar-refractivity contribution in [3.63, 3.8) is 0 Å². The molecule has 0 aromatic heterocycles. The molecule has 0 spiro atoms. The lowest BCUT2D eigenvalue weighted by Crippen LogP contribution is -2.23. The lowest BCUT2D eigenvalue weighted by molar-refractivity contribution is -0.137. The van der Waals surface area contributed by atoms with E-state index in [0.717, 1.165) is 18.4 Å². The van der Waals surface area contributed by atoms with Crippen molar-refractivity contribution in [2.75, 3.05) is 0 Å². The minimum absolute atomic E-state index is 0.0809. The minimum Gasteiger partial charge on any atom is -0.481 e. The number of nitrogens with one attached hydrogen (secondary N) is 1. The molecule has 1 amide bonds. The first kappa shape index (κ1) is 11.6. The van der Waals surface area contributed by atoms with Gasteiger partial charge in [0.15, 0.2) is 0 Å². The van der Waals surface area contributed by atoms with Crippen LogP contribution in [0.15, 0.2) is 24.3 Å². The fourth-order valence-electron chi connectivity index (χ4n) is 2.11. The maximum Gasteiger partial charge on any atom is 0.305 e. The van der Waals surface area contributed by atoms with Crippen LogP contribution in [0.3, 0.4) is 0 Å². The summed E-state index contributed by atoms with van der Waals surface area (Å²) in [6.07, 6.45) is 2.79. The zero-order valence-corrected chi connectivity index (χ0v) is 9.43. The number of aliphatic carboxylic acids is 1. The summed E-state index contributed by atoms with van der Waals surface area (Å²) < 4.78 is 0. The first-order chi connectivity index (χ1) is 8.22. The van der Waals surface area contributed by atoms with E-state index in [1.807, 2.05) is 24.3 Å². The van der Waals surface area contributed by atoms with Crippen molar-refractivity contribution >= 4 is 12.4 Å². The van der Waals surface area contributed by atoms with Crippen LogP contribution in [0.4, 0.5) is 0 Å². The molecular formula is C13H15NO3. The summed E-state index contributed by atoms with van der Waals surface area (Å²) in [5.41, 5.74) is 2.11. The molecular weight excluding hydrogens is 218 g/mol. The van der Waals surface area contributed by atoms with Crippen molar-refractivity contribution in [2.24, 2.45) is 0 Å². The summed E-state index contributed by atoms with van der Waals surface area (Å²) in [7, 11) is 0. The number of carboxylic acid groups (broad SMARTS) is 1. The van der Waals surface area contributed by atoms with Gasteiger partial charge in [-0.05, 0) is 29.9 Å². The molecule has 1 aromatic carbocycles. The van der Waals surface area contributed by atoms with Crippen molar-refractivity contribution in [2.45, 2.75) is 31.2 Å². The Balaban J connectivity index is 2.27. The van der Waals surface area contributed by atoms with Crippen LogP contribution in [-0.4, -0.2) is 17.5 Å². The van der Waals surface area contributed by atoms with E-state index in [1.54, 1.807) is 0 Å². The predicted molar refractivity (Wildman–Crippen MR) is 62.6 cm³/mol. The maximum absolute atomic E-state index is 10.8. The molecule has 4 nitrogen and oxygen atoms in total. The van der Waals surface area contributed by atoms with Gasteiger partial charge in [-0.1, -0.05) is 24.3 Å². The molecule has 17 heavy (non-hydrogen) atoms. The van der Waals surface area contributed by atoms with E-state index >= 15 is 0 Å². The number of benzene rings is 1. The van der Waals surface area contributed by atoms with Gasteiger partial charge >= 0.3 is 5.97 Å². The Morgan fingerprint density at radius 3 is 2.76 bits per heavy atom. The van der Waals surface area contributed by atoms with E-state index in [1.165, 1.54) is 5.56 Å². The lowest BCUT2D eigenvalue weighted by Gasteiger charge is -2.18. The normalized spacial score (nSPS) is 16.2. The second kappa shape index (κ2) is 4.99. The first-order valence-corrected chi connectivity index (χ1v) is 5.72. The summed E-state index contributed by atoms with van der Waals surface area (Å²) in [6.45, 7) is 0. The van der Waals surface area contributed by atoms with E-state index in [-0.39, 0.29) is 6.42 Å². The Hall–Kier alpha value is -1.84. The van der Waals surface area contributed by atoms with Gasteiger partial charge in [-0.25, -0.2) is 0 Å². The molecule has 0 aliphatic heterocycles. The van der Waals surface area contributed by atoms with Crippen LogP contribution in [0.1, 0.15) is 42.3 Å². The fraction of sp³-hybridized carbons (Fsp3) is 0.385. The average molecular weight is 233 g/mol. The average Bonchev–Trinajstić information content (AvgIpc) is 3.12. The van der Waals surface area contributed by atoms with Crippen molar-refractivity contribution in [1.82, 2.24) is 5.32 Å². The molecule has 0 saturated heterocycles. The number of amides is 1. The zero-order chi connectivity index (χ0) is 12.3. The summed E-state index contributed by atoms with van der Waals surface area (Å²) in [5, 5.41) is 11.5. The number of hydrogen-bond donors (Lipinski definition) is 2. The van der Waals surface area contributed by atoms with Gasteiger partial charge < -0.3 is 10.4 Å². The van der Waals surface area contributed by atoms with Gasteiger partial charge in [0, 0.05) is 0 Å². The highest BCUT2D eigenvalue weighted by atomic mass is 16.4. The first-order valence-electron chi connectivity index (χ1n) is 5.72. The maximum atomic E-state index is 10.8. The van der Waals surface area contributed by atoms with Crippen LogP contribution in [0.2, 0.25) is 0 Å². The highest BCUT2D eigenvalue weighted by molar-refractivity contribution is 5.69. The van der Waals surface area contributed by atoms with Crippen LogP contribution in [-0.2, 0) is 9.59 Å². The van der Waals surface area contributed by atoms with E-state index in [9.17, 15) is 9.59 Å². The molecule has 90 valence electrons. The number of carboxylic acids is 1. The number of rotatable bonds is 6. The molecule has 1 aliphatic rings. The molecule has 1 aromatic rings. The molecule has 2 rings (SSSR count). The summed E-state index contributed by atoms with van der Waals surface area (Å²) in [6, 6.07) is 7.33. The number of carbonyl (C=O) groups is 2. The molecule has 1 saturated carbocycles. The van der Waals surface area contributed by atoms with Gasteiger partial charge in [0.25, 0.3) is 0 Å². The standard InChI is InChI=1S/C13H15NO3/c15-8-14-12(7-13(16)17)11-4-2-1-3-10(11)9-5-6-9/h1-4,8-9,12H,5-7H2,(H,14,15)(H,16,17)/t12-/m0/s1. The quantitative estimate of drug-likeness (QED) is 0.736. The van der Waals surface area contributed by atoms with Crippen molar-refractivity contribution in [3.05, 3.63) is 35.4 Å². The fourth-order valence-corrected chi connectivity index (χ4v) is 2.11. The Morgan fingerprint density at radius 2 is 2.18 bits per heavy atom. The highest BCUT2D eigenvalue weighted by Gasteiger charge is 2.28. The van der Waals surface area contributed by atoms with E-state index in [4.69, 9.17) is 5.11 Å². The predicted octanol–water partition coefficient (Wildman–Crippen LogP) is 1.83. The van der Waals surface area contributed by atoms with E-state index in [0.29, 0.717) is 12.3 Å². The molecule has 0 unspecified atom stereocenters. The third-order valence-electron chi connectivity index (χ3n) is 3.04. The summed E-state index contributed by atoms with van der Waals surface area (Å²) >= 11 is 0. The molecule has 4 heteroatoms. The smallest absolute Gasteiger partial charge is 0.305 e. The van der Waals surface area contributed by atoms with Gasteiger partial charge in [-0.2, -0.15) is 0 Å². The Labute approximate surface area is 99.6 Å². The van der Waals surface area contributed by atoms with Gasteiger partial charge in [0.2, 0.25) is 6.41 Å². The Kier molecular flexibility index (Phi) is 3.42. The SMILES string of the molecule is O=CN[C@@H](CC(=O)O)c1ccccc1C1CC1. The lowest BCUT2D eigenvalue weighted by atomic mass is 9.95. The third-order valence-corrected chi connectivity index (χ3v) is 3.04. The van der Waals surface area contributed by atoms with Gasteiger partial charge in [0.05, 0.1) is 12.5 Å². The molecule has 2 N–H and O–H groups in total. The molecule has 0 heterocycles. The Bertz CT molecular complexity index is 426. The van der Waals surface area contributed by atoms with Crippen molar-refractivity contribution in [1.29, 1.82) is 0 Å². The van der Waals surface area contributed by atoms with Crippen LogP contribution in [0.25, 0.3) is 0 Å². The summed E-state index contributed by atoms with van der Waals surface area (Å²) in [4.78, 5) is 21.4. The molecule has 1 fully saturated rings. The zero-order valence-electron chi connectivity index (χ0n) is 9.43. The number of hydrogen-bond acceptors (Lipinski definition) is 2. The molecule has 0 radical (unpaired) electrons. The number of carbonyl (C=O) groups excluding carboxylic acids is 1. The van der Waals surface area contributed by atoms with Gasteiger partial charge in [-0.3, -0.25) is 9.59 Å². The molecule has 1 aliphatic carbocycles. The second-order valence-corrected chi connectivity index (χ2v) is 4.34. The molecule has 0 bridgehead atoms. The van der Waals surface area contributed by atoms with Crippen LogP contribution >= 0.6 is 0 Å². The topological polar surface area (TPSA) is 66.4 Å². The second-order valence-electron chi connectivity index (χ2n) is 4.34. The monoisotopic (exact) mass is 233 g/mol. The van der Waals surface area contributed by atoms with E-state index in [2.05, 4.69) is 5.32 Å². The Morgan fingerprint density at radius 1 is 1.47 bits per heavy atom. The van der Waals surface area contributed by atoms with E-state index < -0.39 is 12.0 Å². The molecule has 1 atom stereocenters. The van der Waals surface area contributed by atoms with Gasteiger partial charge in [-0.15, -0.1) is 0 Å². The van der Waals surface area contributed by atoms with Crippen LogP contribution in [0.5, 0.6) is 0 Å². The van der Waals surface area contributed by atoms with Crippen molar-refractivity contribution < 1.29 is 14.7 Å².